The molecule has 0 fully saturated rings. The van der Waals surface area contributed by atoms with E-state index in [2.05, 4.69) is 28.1 Å². The normalized spacial score (nSPS) is 18.2. The molecule has 0 spiro atoms. The van der Waals surface area contributed by atoms with Crippen molar-refractivity contribution in [1.29, 1.82) is 0 Å². The van der Waals surface area contributed by atoms with E-state index in [1.807, 2.05) is 13.0 Å². The minimum absolute atomic E-state index is 0.138. The highest BCUT2D eigenvalue weighted by Crippen LogP contribution is 2.28. The van der Waals surface area contributed by atoms with E-state index in [9.17, 15) is 4.79 Å². The Kier molecular flexibility index (Phi) is 5.22. The third kappa shape index (κ3) is 3.68. The van der Waals surface area contributed by atoms with Crippen LogP contribution in [0.5, 0.6) is 0 Å². The van der Waals surface area contributed by atoms with Gasteiger partial charge in [0.25, 0.3) is 0 Å². The Morgan fingerprint density at radius 1 is 1.59 bits per heavy atom. The maximum Gasteiger partial charge on any atom is 0.335 e. The molecule has 1 aromatic rings. The molecule has 0 unspecified atom stereocenters. The fraction of sp³-hybridized carbons (Fsp3) is 0.353. The van der Waals surface area contributed by atoms with Gasteiger partial charge >= 0.3 is 5.97 Å². The number of nitrogens with zero attached hydrogens (tertiary/aromatic N) is 2. The summed E-state index contributed by atoms with van der Waals surface area (Å²) in [6.07, 6.45) is 6.01. The first kappa shape index (κ1) is 16.1. The molecule has 0 bridgehead atoms. The highest BCUT2D eigenvalue weighted by molar-refractivity contribution is 5.87. The molecule has 5 heteroatoms. The lowest BCUT2D eigenvalue weighted by Gasteiger charge is -2.14. The number of aromatic nitrogens is 1. The fourth-order valence-corrected chi connectivity index (χ4v) is 2.75. The van der Waals surface area contributed by atoms with E-state index >= 15 is 0 Å². The number of aryl methyl sites for hydroxylation is 1. The Morgan fingerprint density at radius 3 is 3.00 bits per heavy atom. The van der Waals surface area contributed by atoms with Gasteiger partial charge in [0.15, 0.2) is 0 Å². The molecule has 5 nitrogen and oxygen atoms in total. The van der Waals surface area contributed by atoms with Crippen LogP contribution in [0, 0.1) is 6.92 Å². The Bertz CT molecular complexity index is 647. The van der Waals surface area contributed by atoms with Crippen molar-refractivity contribution in [2.24, 2.45) is 4.99 Å². The van der Waals surface area contributed by atoms with Gasteiger partial charge in [-0.1, -0.05) is 12.2 Å². The standard InChI is InChI=1S/C17H21N3O2/c1-4-5-12-6-7-15(16(12)18-3)19-10-14-9-13(17(21)22)8-11(2)20-14/h4-5,8-9,15,19H,3,6-7,10H2,1-2H3,(H,21,22)/b5-4-/t15-/m0/s1. The number of hydrogen-bond acceptors (Lipinski definition) is 4. The molecular weight excluding hydrogens is 278 g/mol. The number of carboxylic acid groups (broad SMARTS) is 1. The fourth-order valence-electron chi connectivity index (χ4n) is 2.75. The van der Waals surface area contributed by atoms with Crippen LogP contribution in [-0.4, -0.2) is 28.8 Å². The van der Waals surface area contributed by atoms with Crippen LogP contribution in [0.2, 0.25) is 0 Å². The lowest BCUT2D eigenvalue weighted by atomic mass is 10.1. The SMILES string of the molecule is C=NC1=C(/C=C\C)CC[C@@H]1NCc1cc(C(=O)O)cc(C)n1. The van der Waals surface area contributed by atoms with Gasteiger partial charge in [-0.15, -0.1) is 0 Å². The van der Waals surface area contributed by atoms with Gasteiger partial charge in [0.2, 0.25) is 0 Å². The monoisotopic (exact) mass is 299 g/mol. The molecule has 22 heavy (non-hydrogen) atoms. The van der Waals surface area contributed by atoms with Crippen LogP contribution in [-0.2, 0) is 6.54 Å². The van der Waals surface area contributed by atoms with E-state index in [1.165, 1.54) is 5.57 Å². The van der Waals surface area contributed by atoms with Crippen LogP contribution in [0.4, 0.5) is 0 Å². The maximum atomic E-state index is 11.1. The average molecular weight is 299 g/mol. The summed E-state index contributed by atoms with van der Waals surface area (Å²) in [5, 5.41) is 12.5. The van der Waals surface area contributed by atoms with E-state index in [4.69, 9.17) is 5.11 Å². The molecule has 2 N–H and O–H groups in total. The first-order valence-electron chi connectivity index (χ1n) is 7.32. The third-order valence-electron chi connectivity index (χ3n) is 3.68. The lowest BCUT2D eigenvalue weighted by molar-refractivity contribution is 0.0696. The summed E-state index contributed by atoms with van der Waals surface area (Å²) in [5.41, 5.74) is 3.88. The molecule has 1 aliphatic carbocycles. The number of carbonyl (C=O) groups is 1. The van der Waals surface area contributed by atoms with Gasteiger partial charge in [0.05, 0.1) is 23.0 Å². The number of allylic oxidation sites excluding steroid dienone is 3. The van der Waals surface area contributed by atoms with Crippen molar-refractivity contribution in [2.45, 2.75) is 39.3 Å². The molecule has 0 radical (unpaired) electrons. The number of hydrogen-bond donors (Lipinski definition) is 2. The van der Waals surface area contributed by atoms with Gasteiger partial charge in [0, 0.05) is 12.2 Å². The Labute approximate surface area is 130 Å². The number of carboxylic acids is 1. The van der Waals surface area contributed by atoms with Crippen molar-refractivity contribution in [3.63, 3.8) is 0 Å². The molecule has 1 atom stereocenters. The third-order valence-corrected chi connectivity index (χ3v) is 3.68. The average Bonchev–Trinajstić information content (AvgIpc) is 2.87. The van der Waals surface area contributed by atoms with Crippen molar-refractivity contribution in [1.82, 2.24) is 10.3 Å². The Balaban J connectivity index is 2.11. The Hall–Kier alpha value is -2.27. The van der Waals surface area contributed by atoms with Crippen molar-refractivity contribution in [3.8, 4) is 0 Å². The molecule has 0 aromatic carbocycles. The first-order chi connectivity index (χ1) is 10.5. The number of rotatable bonds is 6. The molecule has 0 saturated carbocycles. The molecule has 1 heterocycles. The van der Waals surface area contributed by atoms with Crippen LogP contribution in [0.1, 0.15) is 41.5 Å². The van der Waals surface area contributed by atoms with Crippen molar-refractivity contribution in [3.05, 3.63) is 52.5 Å². The number of aromatic carboxylic acids is 1. The van der Waals surface area contributed by atoms with E-state index in [-0.39, 0.29) is 11.6 Å². The highest BCUT2D eigenvalue weighted by Gasteiger charge is 2.23. The number of aliphatic imine (C=N–C) groups is 1. The van der Waals surface area contributed by atoms with Crippen molar-refractivity contribution in [2.75, 3.05) is 0 Å². The molecule has 0 aliphatic heterocycles. The lowest BCUT2D eigenvalue weighted by Crippen LogP contribution is -2.28. The second kappa shape index (κ2) is 7.13. The van der Waals surface area contributed by atoms with E-state index in [0.29, 0.717) is 12.2 Å². The van der Waals surface area contributed by atoms with Crippen LogP contribution in [0.3, 0.4) is 0 Å². The molecule has 0 saturated heterocycles. The van der Waals surface area contributed by atoms with Crippen LogP contribution in [0.25, 0.3) is 0 Å². The van der Waals surface area contributed by atoms with Crippen molar-refractivity contribution < 1.29 is 9.90 Å². The second-order valence-electron chi connectivity index (χ2n) is 5.33. The van der Waals surface area contributed by atoms with Gasteiger partial charge in [-0.2, -0.15) is 0 Å². The predicted molar refractivity (Wildman–Crippen MR) is 87.2 cm³/mol. The minimum Gasteiger partial charge on any atom is -0.478 e. The highest BCUT2D eigenvalue weighted by atomic mass is 16.4. The summed E-state index contributed by atoms with van der Waals surface area (Å²) >= 11 is 0. The summed E-state index contributed by atoms with van der Waals surface area (Å²) in [6.45, 7) is 7.95. The summed E-state index contributed by atoms with van der Waals surface area (Å²) in [6, 6.07) is 3.32. The second-order valence-corrected chi connectivity index (χ2v) is 5.33. The van der Waals surface area contributed by atoms with Gasteiger partial charge in [-0.05, 0) is 51.1 Å². The van der Waals surface area contributed by atoms with Crippen LogP contribution in [0.15, 0.2) is 40.5 Å². The topological polar surface area (TPSA) is 74.6 Å². The summed E-state index contributed by atoms with van der Waals surface area (Å²) in [4.78, 5) is 19.6. The first-order valence-corrected chi connectivity index (χ1v) is 7.32. The van der Waals surface area contributed by atoms with Gasteiger partial charge in [-0.25, -0.2) is 4.79 Å². The predicted octanol–water partition coefficient (Wildman–Crippen LogP) is 2.87. The zero-order chi connectivity index (χ0) is 16.1. The van der Waals surface area contributed by atoms with E-state index in [1.54, 1.807) is 19.1 Å². The zero-order valence-electron chi connectivity index (χ0n) is 13.0. The van der Waals surface area contributed by atoms with Crippen molar-refractivity contribution >= 4 is 12.7 Å². The van der Waals surface area contributed by atoms with Gasteiger partial charge in [0.1, 0.15) is 0 Å². The smallest absolute Gasteiger partial charge is 0.335 e. The molecule has 116 valence electrons. The van der Waals surface area contributed by atoms with Gasteiger partial charge in [-0.3, -0.25) is 9.98 Å². The molecule has 1 aliphatic rings. The maximum absolute atomic E-state index is 11.1. The molecule has 0 amide bonds. The quantitative estimate of drug-likeness (QED) is 0.792. The zero-order valence-corrected chi connectivity index (χ0v) is 13.0. The molecule has 2 rings (SSSR count). The summed E-state index contributed by atoms with van der Waals surface area (Å²) < 4.78 is 0. The largest absolute Gasteiger partial charge is 0.478 e. The molecule has 1 aromatic heterocycles. The number of nitrogens with one attached hydrogen (secondary N) is 1. The van der Waals surface area contributed by atoms with Gasteiger partial charge < -0.3 is 10.4 Å². The Morgan fingerprint density at radius 2 is 2.36 bits per heavy atom. The van der Waals surface area contributed by atoms with E-state index < -0.39 is 5.97 Å². The van der Waals surface area contributed by atoms with Crippen LogP contribution >= 0.6 is 0 Å². The number of pyridine rings is 1. The summed E-state index contributed by atoms with van der Waals surface area (Å²) in [5.74, 6) is -0.934. The van der Waals surface area contributed by atoms with Crippen LogP contribution < -0.4 is 5.32 Å². The van der Waals surface area contributed by atoms with E-state index in [0.717, 1.165) is 24.2 Å². The summed E-state index contributed by atoms with van der Waals surface area (Å²) in [7, 11) is 0. The minimum atomic E-state index is -0.934. The molecular formula is C17H21N3O2.